The smallest absolute Gasteiger partial charge is 0.406 e. The maximum Gasteiger partial charge on any atom is 0.573 e. The van der Waals surface area contributed by atoms with E-state index in [9.17, 15) is 18.0 Å². The van der Waals surface area contributed by atoms with Gasteiger partial charge in [-0.15, -0.1) is 18.3 Å². The fraction of sp³-hybridized carbons (Fsp3) is 0.371. The minimum atomic E-state index is -4.75. The number of amides is 2. The Kier molecular flexibility index (Phi) is 10.6. The molecule has 47 heavy (non-hydrogen) atoms. The number of thioether (sulfide) groups is 1. The number of carbonyl (C=O) groups is 1. The summed E-state index contributed by atoms with van der Waals surface area (Å²) in [5.41, 5.74) is 6.11. The number of anilines is 1. The molecule has 248 valence electrons. The molecule has 1 N–H and O–H groups in total. The number of hydrogen-bond donors (Lipinski definition) is 1. The molecule has 1 aliphatic heterocycles. The van der Waals surface area contributed by atoms with Gasteiger partial charge in [0.05, 0.1) is 5.69 Å². The third-order valence-electron chi connectivity index (χ3n) is 8.02. The van der Waals surface area contributed by atoms with Crippen LogP contribution in [0.3, 0.4) is 0 Å². The van der Waals surface area contributed by atoms with Crippen LogP contribution in [0.15, 0.2) is 78.0 Å². The largest absolute Gasteiger partial charge is 0.573 e. The number of ether oxygens (including phenoxy) is 1. The summed E-state index contributed by atoms with van der Waals surface area (Å²) in [6.45, 7) is 10.7. The first-order valence-electron chi connectivity index (χ1n) is 15.7. The Morgan fingerprint density at radius 1 is 1.09 bits per heavy atom. The van der Waals surface area contributed by atoms with Crippen LogP contribution >= 0.6 is 11.8 Å². The van der Waals surface area contributed by atoms with Gasteiger partial charge in [-0.1, -0.05) is 62.0 Å². The summed E-state index contributed by atoms with van der Waals surface area (Å²) in [7, 11) is 0. The van der Waals surface area contributed by atoms with Gasteiger partial charge in [0.2, 0.25) is 0 Å². The van der Waals surface area contributed by atoms with Gasteiger partial charge in [-0.25, -0.2) is 14.5 Å². The van der Waals surface area contributed by atoms with Crippen molar-refractivity contribution in [2.24, 2.45) is 4.99 Å². The molecule has 8 nitrogen and oxygen atoms in total. The molecule has 2 amide bonds. The summed E-state index contributed by atoms with van der Waals surface area (Å²) in [4.78, 5) is 24.2. The first-order chi connectivity index (χ1) is 22.4. The summed E-state index contributed by atoms with van der Waals surface area (Å²) in [6.07, 6.45) is -0.732. The van der Waals surface area contributed by atoms with Crippen molar-refractivity contribution in [1.29, 1.82) is 0 Å². The zero-order valence-electron chi connectivity index (χ0n) is 27.1. The van der Waals surface area contributed by atoms with Crippen LogP contribution in [0.5, 0.6) is 5.75 Å². The maximum atomic E-state index is 13.1. The Labute approximate surface area is 277 Å². The third-order valence-corrected chi connectivity index (χ3v) is 9.01. The van der Waals surface area contributed by atoms with Gasteiger partial charge in [-0.2, -0.15) is 4.99 Å². The lowest BCUT2D eigenvalue weighted by molar-refractivity contribution is -0.274. The van der Waals surface area contributed by atoms with Gasteiger partial charge in [0, 0.05) is 29.1 Å². The number of nitrogens with zero attached hydrogens (tertiary/aromatic N) is 5. The van der Waals surface area contributed by atoms with Crippen LogP contribution in [0.4, 0.5) is 23.7 Å². The molecule has 0 aliphatic carbocycles. The van der Waals surface area contributed by atoms with E-state index in [1.807, 2.05) is 31.2 Å². The standard InChI is InChI=1S/C35H39F3N6O2S/c1-22(2)31-23(3)7-6-8-30(31)44-25(5)19-20-47-34(44)41-33(45)40-24(4)9-10-26-11-13-27(14-12-26)32-39-21-43(42-32)28-15-17-29(18-16-28)46-35(36,37)38/h6-8,11-18,21-22,24-25H,9-10,19-20H2,1-5H3,(H,40,45). The minimum Gasteiger partial charge on any atom is -0.406 e. The first-order valence-corrected chi connectivity index (χ1v) is 16.6. The summed E-state index contributed by atoms with van der Waals surface area (Å²) in [5.74, 6) is 1.45. The Bertz CT molecular complexity index is 1700. The van der Waals surface area contributed by atoms with Crippen molar-refractivity contribution in [3.05, 3.63) is 89.7 Å². The van der Waals surface area contributed by atoms with E-state index in [4.69, 9.17) is 0 Å². The Balaban J connectivity index is 1.17. The zero-order valence-corrected chi connectivity index (χ0v) is 27.9. The van der Waals surface area contributed by atoms with Gasteiger partial charge in [0.25, 0.3) is 0 Å². The molecular formula is C35H39F3N6O2S. The quantitative estimate of drug-likeness (QED) is 0.193. The monoisotopic (exact) mass is 664 g/mol. The molecule has 2 atom stereocenters. The molecule has 0 saturated carbocycles. The lowest BCUT2D eigenvalue weighted by Gasteiger charge is -2.37. The third kappa shape index (κ3) is 8.73. The van der Waals surface area contributed by atoms with Crippen molar-refractivity contribution in [1.82, 2.24) is 20.1 Å². The van der Waals surface area contributed by atoms with Crippen LogP contribution in [0.1, 0.15) is 63.1 Å². The number of amidine groups is 1. The van der Waals surface area contributed by atoms with E-state index in [1.54, 1.807) is 11.8 Å². The Hall–Kier alpha value is -4.32. The van der Waals surface area contributed by atoms with E-state index in [0.29, 0.717) is 17.4 Å². The van der Waals surface area contributed by atoms with Gasteiger partial charge < -0.3 is 15.0 Å². The highest BCUT2D eigenvalue weighted by molar-refractivity contribution is 8.14. The van der Waals surface area contributed by atoms with Crippen molar-refractivity contribution in [2.45, 2.75) is 78.2 Å². The molecule has 1 saturated heterocycles. The van der Waals surface area contributed by atoms with Gasteiger partial charge >= 0.3 is 12.4 Å². The number of nitrogens with one attached hydrogen (secondary N) is 1. The number of carbonyl (C=O) groups excluding carboxylic acids is 1. The van der Waals surface area contributed by atoms with E-state index in [2.05, 4.69) is 75.9 Å². The average molecular weight is 665 g/mol. The summed E-state index contributed by atoms with van der Waals surface area (Å²) >= 11 is 1.62. The molecule has 5 rings (SSSR count). The number of alkyl halides is 3. The Morgan fingerprint density at radius 2 is 1.81 bits per heavy atom. The second kappa shape index (κ2) is 14.6. The van der Waals surface area contributed by atoms with E-state index in [-0.39, 0.29) is 23.9 Å². The number of benzene rings is 3. The second-order valence-electron chi connectivity index (χ2n) is 12.1. The van der Waals surface area contributed by atoms with Crippen LogP contribution in [-0.4, -0.2) is 50.2 Å². The van der Waals surface area contributed by atoms with Crippen LogP contribution in [0, 0.1) is 6.92 Å². The molecule has 1 fully saturated rings. The predicted molar refractivity (Wildman–Crippen MR) is 182 cm³/mol. The molecule has 0 radical (unpaired) electrons. The molecule has 2 unspecified atom stereocenters. The van der Waals surface area contributed by atoms with Gasteiger partial charge in [0.15, 0.2) is 11.0 Å². The maximum absolute atomic E-state index is 13.1. The number of aromatic nitrogens is 3. The number of urea groups is 1. The van der Waals surface area contributed by atoms with Crippen LogP contribution in [0.2, 0.25) is 0 Å². The van der Waals surface area contributed by atoms with Crippen molar-refractivity contribution >= 4 is 28.6 Å². The number of hydrogen-bond acceptors (Lipinski definition) is 5. The van der Waals surface area contributed by atoms with Crippen LogP contribution in [-0.2, 0) is 6.42 Å². The SMILES string of the molecule is Cc1cccc(N2C(=NC(=O)NC(C)CCc3ccc(-c4ncn(-c5ccc(OC(F)(F)F)cc5)n4)cc3)SCCC2C)c1C(C)C. The van der Waals surface area contributed by atoms with Crippen LogP contribution in [0.25, 0.3) is 17.1 Å². The lowest BCUT2D eigenvalue weighted by atomic mass is 9.95. The highest BCUT2D eigenvalue weighted by Crippen LogP contribution is 2.36. The fourth-order valence-corrected chi connectivity index (χ4v) is 6.89. The highest BCUT2D eigenvalue weighted by atomic mass is 32.2. The predicted octanol–water partition coefficient (Wildman–Crippen LogP) is 8.68. The average Bonchev–Trinajstić information content (AvgIpc) is 3.50. The molecule has 1 aliphatic rings. The normalized spacial score (nSPS) is 16.8. The van der Waals surface area contributed by atoms with E-state index in [1.165, 1.54) is 46.4 Å². The summed E-state index contributed by atoms with van der Waals surface area (Å²) in [5, 5.41) is 8.25. The molecule has 3 aromatic carbocycles. The van der Waals surface area contributed by atoms with Crippen molar-refractivity contribution < 1.29 is 22.7 Å². The Morgan fingerprint density at radius 3 is 2.49 bits per heavy atom. The minimum absolute atomic E-state index is 0.0820. The molecular weight excluding hydrogens is 625 g/mol. The molecule has 1 aromatic heterocycles. The van der Waals surface area contributed by atoms with Gasteiger partial charge in [0.1, 0.15) is 12.1 Å². The number of aliphatic imine (C=N–C) groups is 1. The number of aryl methyl sites for hydroxylation is 2. The van der Waals surface area contributed by atoms with Crippen molar-refractivity contribution in [2.75, 3.05) is 10.7 Å². The molecule has 4 aromatic rings. The first kappa shape index (κ1) is 34.0. The fourth-order valence-electron chi connectivity index (χ4n) is 5.69. The number of rotatable bonds is 9. The van der Waals surface area contributed by atoms with E-state index in [0.717, 1.165) is 47.0 Å². The highest BCUT2D eigenvalue weighted by Gasteiger charge is 2.31. The molecule has 2 heterocycles. The zero-order chi connectivity index (χ0) is 33.7. The molecule has 0 spiro atoms. The summed E-state index contributed by atoms with van der Waals surface area (Å²) < 4.78 is 42.7. The van der Waals surface area contributed by atoms with Gasteiger partial charge in [-0.05, 0) is 93.0 Å². The topological polar surface area (TPSA) is 84.6 Å². The van der Waals surface area contributed by atoms with Gasteiger partial charge in [-0.3, -0.25) is 0 Å². The lowest BCUT2D eigenvalue weighted by Crippen LogP contribution is -2.43. The summed E-state index contributed by atoms with van der Waals surface area (Å²) in [6, 6.07) is 19.4. The van der Waals surface area contributed by atoms with E-state index >= 15 is 0 Å². The van der Waals surface area contributed by atoms with Crippen molar-refractivity contribution in [3.8, 4) is 22.8 Å². The van der Waals surface area contributed by atoms with Crippen LogP contribution < -0.4 is 15.0 Å². The number of halogens is 3. The van der Waals surface area contributed by atoms with Crippen molar-refractivity contribution in [3.63, 3.8) is 0 Å². The van der Waals surface area contributed by atoms with E-state index < -0.39 is 6.36 Å². The molecule has 0 bridgehead atoms. The second-order valence-corrected chi connectivity index (χ2v) is 13.1. The molecule has 12 heteroatoms.